The molecule has 0 radical (unpaired) electrons. The molecule has 0 unspecified atom stereocenters. The van der Waals surface area contributed by atoms with E-state index in [0.29, 0.717) is 11.7 Å². The van der Waals surface area contributed by atoms with E-state index in [1.165, 1.54) is 12.5 Å². The molecule has 1 amide bonds. The van der Waals surface area contributed by atoms with Gasteiger partial charge in [0, 0.05) is 18.7 Å². The van der Waals surface area contributed by atoms with E-state index in [9.17, 15) is 9.59 Å². The number of anilines is 1. The van der Waals surface area contributed by atoms with Crippen LogP contribution in [0.4, 0.5) is 5.69 Å². The highest BCUT2D eigenvalue weighted by Crippen LogP contribution is 2.21. The molecule has 1 fully saturated rings. The second-order valence-electron chi connectivity index (χ2n) is 4.77. The molecule has 1 aromatic heterocycles. The normalized spacial score (nSPS) is 14.2. The van der Waals surface area contributed by atoms with E-state index in [1.54, 1.807) is 6.20 Å². The van der Waals surface area contributed by atoms with Gasteiger partial charge >= 0.3 is 0 Å². The van der Waals surface area contributed by atoms with Gasteiger partial charge in [0.15, 0.2) is 0 Å². The number of nitrogens with zero attached hydrogens (tertiary/aromatic N) is 3. The Morgan fingerprint density at radius 1 is 1.55 bits per heavy atom. The monoisotopic (exact) mass is 275 g/mol. The summed E-state index contributed by atoms with van der Waals surface area (Å²) in [7, 11) is 0. The first kappa shape index (κ1) is 14.1. The number of nitriles is 1. The van der Waals surface area contributed by atoms with Crippen molar-refractivity contribution in [1.82, 2.24) is 15.1 Å². The molecule has 1 saturated carbocycles. The van der Waals surface area contributed by atoms with Crippen LogP contribution < -0.4 is 16.2 Å². The van der Waals surface area contributed by atoms with Gasteiger partial charge < -0.3 is 10.6 Å². The molecule has 0 bridgehead atoms. The molecule has 2 rings (SSSR count). The van der Waals surface area contributed by atoms with Gasteiger partial charge in [0.05, 0.1) is 24.4 Å². The summed E-state index contributed by atoms with van der Waals surface area (Å²) in [6, 6.07) is 3.81. The number of nitrogens with one attached hydrogen (secondary N) is 2. The first-order valence-corrected chi connectivity index (χ1v) is 6.66. The molecule has 0 saturated heterocycles. The maximum Gasteiger partial charge on any atom is 0.269 e. The highest BCUT2D eigenvalue weighted by atomic mass is 16.2. The molecular weight excluding hydrogens is 258 g/mol. The molecular formula is C13H17N5O2. The Hall–Kier alpha value is -2.36. The van der Waals surface area contributed by atoms with Gasteiger partial charge in [0.1, 0.15) is 6.54 Å². The van der Waals surface area contributed by atoms with Crippen molar-refractivity contribution in [2.75, 3.05) is 11.9 Å². The lowest BCUT2D eigenvalue weighted by Crippen LogP contribution is -2.34. The van der Waals surface area contributed by atoms with Crippen molar-refractivity contribution >= 4 is 11.6 Å². The van der Waals surface area contributed by atoms with Crippen molar-refractivity contribution in [3.8, 4) is 6.07 Å². The Labute approximate surface area is 116 Å². The topological polar surface area (TPSA) is 99.8 Å². The van der Waals surface area contributed by atoms with E-state index in [-0.39, 0.29) is 31.0 Å². The molecule has 0 aromatic carbocycles. The van der Waals surface area contributed by atoms with Crippen molar-refractivity contribution in [3.05, 3.63) is 22.6 Å². The average molecular weight is 275 g/mol. The summed E-state index contributed by atoms with van der Waals surface area (Å²) in [5, 5.41) is 18.1. The molecule has 106 valence electrons. The SMILES string of the molecule is N#CCCNC(=O)Cn1ncc(NC2CCC2)cc1=O. The Balaban J connectivity index is 1.90. The molecule has 0 spiro atoms. The maximum atomic E-state index is 11.8. The Morgan fingerprint density at radius 3 is 2.95 bits per heavy atom. The largest absolute Gasteiger partial charge is 0.381 e. The standard InChI is InChI=1S/C13H17N5O2/c14-5-2-6-15-12(19)9-18-13(20)7-11(8-16-18)17-10-3-1-4-10/h7-8,10,17H,1-4,6,9H2,(H,15,19). The van der Waals surface area contributed by atoms with E-state index >= 15 is 0 Å². The van der Waals surface area contributed by atoms with E-state index in [1.807, 2.05) is 6.07 Å². The zero-order valence-electron chi connectivity index (χ0n) is 11.1. The Bertz CT molecular complexity index is 571. The second-order valence-corrected chi connectivity index (χ2v) is 4.77. The number of carbonyl (C=O) groups is 1. The van der Waals surface area contributed by atoms with Crippen LogP contribution in [0.3, 0.4) is 0 Å². The first-order valence-electron chi connectivity index (χ1n) is 6.66. The van der Waals surface area contributed by atoms with Gasteiger partial charge in [-0.1, -0.05) is 0 Å². The van der Waals surface area contributed by atoms with Gasteiger partial charge in [0.25, 0.3) is 5.56 Å². The van der Waals surface area contributed by atoms with E-state index in [0.717, 1.165) is 17.5 Å². The number of aromatic nitrogens is 2. The van der Waals surface area contributed by atoms with Crippen LogP contribution in [0.5, 0.6) is 0 Å². The number of rotatable bonds is 6. The highest BCUT2D eigenvalue weighted by molar-refractivity contribution is 5.75. The van der Waals surface area contributed by atoms with E-state index in [2.05, 4.69) is 15.7 Å². The van der Waals surface area contributed by atoms with Crippen molar-refractivity contribution in [1.29, 1.82) is 5.26 Å². The molecule has 1 aliphatic rings. The highest BCUT2D eigenvalue weighted by Gasteiger charge is 2.17. The van der Waals surface area contributed by atoms with Crippen LogP contribution in [0, 0.1) is 11.3 Å². The van der Waals surface area contributed by atoms with Crippen molar-refractivity contribution < 1.29 is 4.79 Å². The molecule has 0 aliphatic heterocycles. The minimum atomic E-state index is -0.324. The third-order valence-corrected chi connectivity index (χ3v) is 3.20. The number of amides is 1. The predicted molar refractivity (Wildman–Crippen MR) is 73.0 cm³/mol. The quantitative estimate of drug-likeness (QED) is 0.724. The van der Waals surface area contributed by atoms with Gasteiger partial charge in [-0.2, -0.15) is 10.4 Å². The molecule has 1 heterocycles. The van der Waals surface area contributed by atoms with Crippen LogP contribution in [-0.4, -0.2) is 28.3 Å². The van der Waals surface area contributed by atoms with Crippen LogP contribution >= 0.6 is 0 Å². The zero-order valence-corrected chi connectivity index (χ0v) is 11.1. The number of hydrogen-bond donors (Lipinski definition) is 2. The summed E-state index contributed by atoms with van der Waals surface area (Å²) in [4.78, 5) is 23.3. The Kier molecular flexibility index (Phi) is 4.71. The van der Waals surface area contributed by atoms with Crippen molar-refractivity contribution in [2.45, 2.75) is 38.3 Å². The first-order chi connectivity index (χ1) is 9.69. The van der Waals surface area contributed by atoms with Crippen LogP contribution in [0.1, 0.15) is 25.7 Å². The number of carbonyl (C=O) groups excluding carboxylic acids is 1. The Morgan fingerprint density at radius 2 is 2.35 bits per heavy atom. The zero-order chi connectivity index (χ0) is 14.4. The minimum Gasteiger partial charge on any atom is -0.381 e. The van der Waals surface area contributed by atoms with Crippen LogP contribution in [0.25, 0.3) is 0 Å². The molecule has 7 nitrogen and oxygen atoms in total. The summed E-state index contributed by atoms with van der Waals surface area (Å²) in [6.45, 7) is 0.152. The second kappa shape index (κ2) is 6.70. The lowest BCUT2D eigenvalue weighted by molar-refractivity contribution is -0.121. The van der Waals surface area contributed by atoms with Gasteiger partial charge in [-0.3, -0.25) is 9.59 Å². The third-order valence-electron chi connectivity index (χ3n) is 3.20. The van der Waals surface area contributed by atoms with Crippen molar-refractivity contribution in [3.63, 3.8) is 0 Å². The predicted octanol–water partition coefficient (Wildman–Crippen LogP) is 0.238. The minimum absolute atomic E-state index is 0.131. The lowest BCUT2D eigenvalue weighted by Gasteiger charge is -2.27. The third kappa shape index (κ3) is 3.82. The van der Waals surface area contributed by atoms with Crippen LogP contribution in [-0.2, 0) is 11.3 Å². The molecule has 7 heteroatoms. The molecule has 1 aliphatic carbocycles. The summed E-state index contributed by atoms with van der Waals surface area (Å²) in [6.07, 6.45) is 5.25. The van der Waals surface area contributed by atoms with Gasteiger partial charge in [-0.05, 0) is 19.3 Å². The van der Waals surface area contributed by atoms with Gasteiger partial charge in [-0.15, -0.1) is 0 Å². The summed E-state index contributed by atoms with van der Waals surface area (Å²) in [5.41, 5.74) is 0.380. The van der Waals surface area contributed by atoms with Crippen LogP contribution in [0.15, 0.2) is 17.1 Å². The van der Waals surface area contributed by atoms with Gasteiger partial charge in [0.2, 0.25) is 5.91 Å². The summed E-state index contributed by atoms with van der Waals surface area (Å²) >= 11 is 0. The smallest absolute Gasteiger partial charge is 0.269 e. The van der Waals surface area contributed by atoms with Crippen LogP contribution in [0.2, 0.25) is 0 Å². The summed E-state index contributed by atoms with van der Waals surface area (Å²) in [5.74, 6) is -0.324. The fraction of sp³-hybridized carbons (Fsp3) is 0.538. The molecule has 20 heavy (non-hydrogen) atoms. The fourth-order valence-corrected chi connectivity index (χ4v) is 1.87. The molecule has 0 atom stereocenters. The maximum absolute atomic E-state index is 11.8. The fourth-order valence-electron chi connectivity index (χ4n) is 1.87. The molecule has 2 N–H and O–H groups in total. The molecule has 1 aromatic rings. The van der Waals surface area contributed by atoms with E-state index < -0.39 is 0 Å². The number of hydrogen-bond acceptors (Lipinski definition) is 5. The van der Waals surface area contributed by atoms with Crippen molar-refractivity contribution in [2.24, 2.45) is 0 Å². The summed E-state index contributed by atoms with van der Waals surface area (Å²) < 4.78 is 1.10. The average Bonchev–Trinajstić information content (AvgIpc) is 2.37. The van der Waals surface area contributed by atoms with Gasteiger partial charge in [-0.25, -0.2) is 4.68 Å². The lowest BCUT2D eigenvalue weighted by atomic mass is 9.93. The van der Waals surface area contributed by atoms with E-state index in [4.69, 9.17) is 5.26 Å².